The van der Waals surface area contributed by atoms with Crippen molar-refractivity contribution >= 4 is 11.9 Å². The van der Waals surface area contributed by atoms with Crippen LogP contribution in [0.5, 0.6) is 0 Å². The molecule has 0 bridgehead atoms. The van der Waals surface area contributed by atoms with Gasteiger partial charge in [0.15, 0.2) is 0 Å². The minimum atomic E-state index is -1.06. The number of carbonyl (C=O) groups is 2. The lowest BCUT2D eigenvalue weighted by Crippen LogP contribution is -2.45. The molecule has 0 aromatic carbocycles. The summed E-state index contributed by atoms with van der Waals surface area (Å²) in [6.45, 7) is 0.853. The second-order valence-corrected chi connectivity index (χ2v) is 2.21. The van der Waals surface area contributed by atoms with Crippen LogP contribution in [-0.4, -0.2) is 46.8 Å². The molecule has 0 aliphatic heterocycles. The largest absolute Gasteiger partial charge is 0.480 e. The first-order valence-electron chi connectivity index (χ1n) is 3.41. The molecule has 6 heteroatoms. The Labute approximate surface area is 69.8 Å². The van der Waals surface area contributed by atoms with Crippen LogP contribution in [0.3, 0.4) is 0 Å². The lowest BCUT2D eigenvalue weighted by molar-refractivity contribution is -0.140. The zero-order valence-corrected chi connectivity index (χ0v) is 6.78. The molecule has 0 unspecified atom stereocenters. The summed E-state index contributed by atoms with van der Waals surface area (Å²) in [6, 6.07) is 0. The van der Waals surface area contributed by atoms with Crippen LogP contribution in [0.1, 0.15) is 6.92 Å². The van der Waals surface area contributed by atoms with E-state index in [4.69, 9.17) is 10.2 Å². The van der Waals surface area contributed by atoms with E-state index in [0.717, 1.165) is 5.01 Å². The van der Waals surface area contributed by atoms with Crippen molar-refractivity contribution in [3.63, 3.8) is 0 Å². The number of hydrogen-bond acceptors (Lipinski definition) is 4. The fourth-order valence-corrected chi connectivity index (χ4v) is 0.681. The van der Waals surface area contributed by atoms with Crippen molar-refractivity contribution in [1.29, 1.82) is 0 Å². The fraction of sp³-hybridized carbons (Fsp3) is 0.667. The Kier molecular flexibility index (Phi) is 4.98. The van der Waals surface area contributed by atoms with E-state index in [1.165, 1.54) is 6.92 Å². The number of aliphatic carboxylic acids is 1. The van der Waals surface area contributed by atoms with Crippen molar-refractivity contribution in [1.82, 2.24) is 10.4 Å². The van der Waals surface area contributed by atoms with Crippen molar-refractivity contribution in [2.24, 2.45) is 0 Å². The lowest BCUT2D eigenvalue weighted by atomic mass is 10.5. The van der Waals surface area contributed by atoms with E-state index in [9.17, 15) is 9.59 Å². The highest BCUT2D eigenvalue weighted by Gasteiger charge is 2.08. The molecular weight excluding hydrogens is 164 g/mol. The molecule has 0 aromatic rings. The van der Waals surface area contributed by atoms with Gasteiger partial charge in [-0.25, -0.2) is 5.01 Å². The van der Waals surface area contributed by atoms with Gasteiger partial charge in [-0.2, -0.15) is 0 Å². The van der Waals surface area contributed by atoms with Gasteiger partial charge in [-0.15, -0.1) is 0 Å². The average molecular weight is 176 g/mol. The van der Waals surface area contributed by atoms with Crippen molar-refractivity contribution in [2.75, 3.05) is 19.7 Å². The number of nitrogens with zero attached hydrogens (tertiary/aromatic N) is 1. The second kappa shape index (κ2) is 5.50. The maximum absolute atomic E-state index is 10.5. The van der Waals surface area contributed by atoms with Crippen molar-refractivity contribution in [3.8, 4) is 0 Å². The molecule has 0 heterocycles. The predicted octanol–water partition coefficient (Wildman–Crippen LogP) is -1.58. The number of aliphatic hydroxyl groups is 1. The number of aliphatic hydroxyl groups excluding tert-OH is 1. The number of hydrogen-bond donors (Lipinski definition) is 3. The summed E-state index contributed by atoms with van der Waals surface area (Å²) in [4.78, 5) is 20.7. The van der Waals surface area contributed by atoms with Crippen LogP contribution in [0.15, 0.2) is 0 Å². The number of carbonyl (C=O) groups excluding carboxylic acids is 1. The number of hydrazine groups is 1. The molecule has 0 aliphatic carbocycles. The van der Waals surface area contributed by atoms with Gasteiger partial charge < -0.3 is 10.2 Å². The van der Waals surface area contributed by atoms with Crippen molar-refractivity contribution in [3.05, 3.63) is 0 Å². The van der Waals surface area contributed by atoms with Crippen LogP contribution in [0.4, 0.5) is 0 Å². The Balaban J connectivity index is 3.85. The fourth-order valence-electron chi connectivity index (χ4n) is 0.681. The van der Waals surface area contributed by atoms with Gasteiger partial charge in [0.25, 0.3) is 0 Å². The van der Waals surface area contributed by atoms with Crippen LogP contribution in [0, 0.1) is 0 Å². The quantitative estimate of drug-likeness (QED) is 0.440. The SMILES string of the molecule is CC(=O)NN(CCO)CC(=O)O. The van der Waals surface area contributed by atoms with Crippen LogP contribution in [0.25, 0.3) is 0 Å². The summed E-state index contributed by atoms with van der Waals surface area (Å²) >= 11 is 0. The number of rotatable bonds is 5. The minimum Gasteiger partial charge on any atom is -0.480 e. The molecule has 0 aromatic heterocycles. The smallest absolute Gasteiger partial charge is 0.319 e. The molecule has 0 aliphatic rings. The summed E-state index contributed by atoms with van der Waals surface area (Å²) in [5.41, 5.74) is 2.27. The molecule has 0 rings (SSSR count). The van der Waals surface area contributed by atoms with E-state index in [1.807, 2.05) is 0 Å². The molecule has 1 amide bonds. The maximum atomic E-state index is 10.5. The van der Waals surface area contributed by atoms with Crippen LogP contribution in [0.2, 0.25) is 0 Å². The van der Waals surface area contributed by atoms with Gasteiger partial charge in [0.05, 0.1) is 6.61 Å². The molecule has 0 fully saturated rings. The monoisotopic (exact) mass is 176 g/mol. The molecule has 3 N–H and O–H groups in total. The van der Waals surface area contributed by atoms with E-state index < -0.39 is 5.97 Å². The summed E-state index contributed by atoms with van der Waals surface area (Å²) in [5.74, 6) is -1.41. The molecule has 70 valence electrons. The minimum absolute atomic E-state index is 0.103. The number of carboxylic acids is 1. The molecule has 0 saturated carbocycles. The van der Waals surface area contributed by atoms with E-state index >= 15 is 0 Å². The zero-order valence-electron chi connectivity index (χ0n) is 6.78. The third-order valence-electron chi connectivity index (χ3n) is 1.01. The number of carboxylic acid groups (broad SMARTS) is 1. The maximum Gasteiger partial charge on any atom is 0.319 e. The van der Waals surface area contributed by atoms with Gasteiger partial charge in [0.1, 0.15) is 6.54 Å². The van der Waals surface area contributed by atoms with E-state index in [2.05, 4.69) is 5.43 Å². The summed E-state index contributed by atoms with van der Waals surface area (Å²) in [6.07, 6.45) is 0. The van der Waals surface area contributed by atoms with E-state index in [-0.39, 0.29) is 25.6 Å². The zero-order chi connectivity index (χ0) is 9.56. The number of amides is 1. The predicted molar refractivity (Wildman–Crippen MR) is 40.1 cm³/mol. The standard InChI is InChI=1S/C6H12N2O4/c1-5(10)7-8(2-3-9)4-6(11)12/h9H,2-4H2,1H3,(H,7,10)(H,11,12). The first kappa shape index (κ1) is 10.9. The highest BCUT2D eigenvalue weighted by molar-refractivity contribution is 5.73. The Bertz CT molecular complexity index is 155. The topological polar surface area (TPSA) is 89.9 Å². The van der Waals surface area contributed by atoms with Gasteiger partial charge in [0.2, 0.25) is 5.91 Å². The Hall–Kier alpha value is -1.14. The molecule has 6 nitrogen and oxygen atoms in total. The van der Waals surface area contributed by atoms with Gasteiger partial charge in [-0.05, 0) is 0 Å². The third-order valence-corrected chi connectivity index (χ3v) is 1.01. The van der Waals surface area contributed by atoms with Crippen LogP contribution >= 0.6 is 0 Å². The second-order valence-electron chi connectivity index (χ2n) is 2.21. The lowest BCUT2D eigenvalue weighted by Gasteiger charge is -2.18. The molecular formula is C6H12N2O4. The van der Waals surface area contributed by atoms with Crippen molar-refractivity contribution in [2.45, 2.75) is 6.92 Å². The molecule has 0 spiro atoms. The van der Waals surface area contributed by atoms with E-state index in [1.54, 1.807) is 0 Å². The average Bonchev–Trinajstić information content (AvgIpc) is 1.84. The van der Waals surface area contributed by atoms with Crippen LogP contribution < -0.4 is 5.43 Å². The first-order valence-corrected chi connectivity index (χ1v) is 3.41. The van der Waals surface area contributed by atoms with Gasteiger partial charge in [-0.1, -0.05) is 0 Å². The third kappa shape index (κ3) is 5.63. The van der Waals surface area contributed by atoms with Gasteiger partial charge >= 0.3 is 5.97 Å². The highest BCUT2D eigenvalue weighted by atomic mass is 16.4. The molecule has 12 heavy (non-hydrogen) atoms. The summed E-state index contributed by atoms with van der Waals surface area (Å²) in [7, 11) is 0. The molecule has 0 saturated heterocycles. The summed E-state index contributed by atoms with van der Waals surface area (Å²) < 4.78 is 0. The molecule has 0 atom stereocenters. The van der Waals surface area contributed by atoms with Gasteiger partial charge in [-0.3, -0.25) is 15.0 Å². The van der Waals surface area contributed by atoms with Crippen LogP contribution in [-0.2, 0) is 9.59 Å². The number of nitrogens with one attached hydrogen (secondary N) is 1. The Morgan fingerprint density at radius 1 is 1.50 bits per heavy atom. The van der Waals surface area contributed by atoms with Crippen molar-refractivity contribution < 1.29 is 19.8 Å². The Morgan fingerprint density at radius 2 is 2.08 bits per heavy atom. The molecule has 0 radical (unpaired) electrons. The Morgan fingerprint density at radius 3 is 2.42 bits per heavy atom. The highest BCUT2D eigenvalue weighted by Crippen LogP contribution is 1.81. The summed E-state index contributed by atoms with van der Waals surface area (Å²) in [5, 5.41) is 18.0. The normalized spacial score (nSPS) is 9.92. The van der Waals surface area contributed by atoms with E-state index in [0.29, 0.717) is 0 Å². The first-order chi connectivity index (χ1) is 5.56. The van der Waals surface area contributed by atoms with Gasteiger partial charge in [0, 0.05) is 13.5 Å².